The molecule has 1 aliphatic carbocycles. The fourth-order valence-corrected chi connectivity index (χ4v) is 3.77. The van der Waals surface area contributed by atoms with Crippen LogP contribution in [0.25, 0.3) is 0 Å². The summed E-state index contributed by atoms with van der Waals surface area (Å²) >= 11 is 0. The normalized spacial score (nSPS) is 16.1. The first kappa shape index (κ1) is 35.6. The molecule has 0 spiro atoms. The van der Waals surface area contributed by atoms with Crippen molar-refractivity contribution >= 4 is 0 Å². The average Bonchev–Trinajstić information content (AvgIpc) is 2.89. The van der Waals surface area contributed by atoms with E-state index in [-0.39, 0.29) is 0 Å². The minimum absolute atomic E-state index is 1.00. The van der Waals surface area contributed by atoms with Gasteiger partial charge in [0.25, 0.3) is 0 Å². The molecule has 202 valence electrons. The molecule has 0 radical (unpaired) electrons. The molecule has 3 rings (SSSR count). The van der Waals surface area contributed by atoms with Gasteiger partial charge < -0.3 is 0 Å². The minimum Gasteiger partial charge on any atom is -0.0654 e. The zero-order valence-corrected chi connectivity index (χ0v) is 25.6. The van der Waals surface area contributed by atoms with Crippen molar-refractivity contribution in [2.24, 2.45) is 11.8 Å². The molecule has 2 aromatic rings. The van der Waals surface area contributed by atoms with Crippen molar-refractivity contribution in [3.63, 3.8) is 0 Å². The molecule has 0 aliphatic heterocycles. The van der Waals surface area contributed by atoms with Gasteiger partial charge in [-0.15, -0.1) is 0 Å². The Kier molecular flexibility index (Phi) is 26.0. The van der Waals surface area contributed by atoms with E-state index >= 15 is 0 Å². The van der Waals surface area contributed by atoms with Crippen molar-refractivity contribution < 1.29 is 0 Å². The Morgan fingerprint density at radius 1 is 0.543 bits per heavy atom. The van der Waals surface area contributed by atoms with Crippen LogP contribution in [-0.2, 0) is 12.8 Å². The number of rotatable bonds is 5. The largest absolute Gasteiger partial charge is 0.0654 e. The molecule has 0 saturated heterocycles. The molecule has 0 heteroatoms. The van der Waals surface area contributed by atoms with Crippen molar-refractivity contribution in [2.45, 2.75) is 140 Å². The standard InChI is InChI=1S/C10H14.C8H16.C8H10.C5H12.C4H10/c1-3-9-7-5-6-8-10(9)4-2;2*1-7-5-3-4-6-8(7)2;1-3-5-4-2;1-3-4-2/h5-8H,3-4H2,1-2H3;7-8H,3-6H2,1-2H3;3-6H,1-2H3;3-5H2,1-2H3;3-4H2,1-2H3. The topological polar surface area (TPSA) is 0 Å². The van der Waals surface area contributed by atoms with Crippen LogP contribution in [0.1, 0.15) is 135 Å². The van der Waals surface area contributed by atoms with Gasteiger partial charge in [-0.25, -0.2) is 0 Å². The monoisotopic (exact) mass is 482 g/mol. The molecular formula is C35H62. The molecule has 0 aromatic heterocycles. The van der Waals surface area contributed by atoms with Gasteiger partial charge >= 0.3 is 0 Å². The third-order valence-corrected chi connectivity index (χ3v) is 7.05. The Hall–Kier alpha value is -1.56. The molecule has 0 N–H and O–H groups in total. The van der Waals surface area contributed by atoms with Crippen molar-refractivity contribution in [2.75, 3.05) is 0 Å². The summed E-state index contributed by atoms with van der Waals surface area (Å²) in [5.74, 6) is 2.01. The third-order valence-electron chi connectivity index (χ3n) is 7.05. The molecule has 0 bridgehead atoms. The lowest BCUT2D eigenvalue weighted by atomic mass is 9.82. The smallest absolute Gasteiger partial charge is 0.0305 e. The lowest BCUT2D eigenvalue weighted by Crippen LogP contribution is -2.12. The van der Waals surface area contributed by atoms with Crippen LogP contribution in [0.2, 0.25) is 0 Å². The summed E-state index contributed by atoms with van der Waals surface area (Å²) in [5, 5.41) is 0. The first-order valence-electron chi connectivity index (χ1n) is 14.9. The first-order chi connectivity index (χ1) is 16.8. The zero-order valence-electron chi connectivity index (χ0n) is 25.6. The second kappa shape index (κ2) is 25.5. The fraction of sp³-hybridized carbons (Fsp3) is 0.657. The van der Waals surface area contributed by atoms with Crippen LogP contribution in [0.4, 0.5) is 0 Å². The van der Waals surface area contributed by atoms with Gasteiger partial charge in [0, 0.05) is 0 Å². The highest BCUT2D eigenvalue weighted by Crippen LogP contribution is 2.28. The molecule has 0 heterocycles. The predicted octanol–water partition coefficient (Wildman–Crippen LogP) is 12.0. The van der Waals surface area contributed by atoms with Crippen LogP contribution in [-0.4, -0.2) is 0 Å². The third kappa shape index (κ3) is 20.3. The Balaban J connectivity index is 0. The second-order valence-corrected chi connectivity index (χ2v) is 10.2. The van der Waals surface area contributed by atoms with E-state index in [0.717, 1.165) is 24.7 Å². The van der Waals surface area contributed by atoms with E-state index in [1.807, 2.05) is 0 Å². The minimum atomic E-state index is 1.00. The number of hydrogen-bond acceptors (Lipinski definition) is 0. The summed E-state index contributed by atoms with van der Waals surface area (Å²) < 4.78 is 0. The Morgan fingerprint density at radius 3 is 1.09 bits per heavy atom. The molecule has 2 atom stereocenters. The van der Waals surface area contributed by atoms with Crippen LogP contribution >= 0.6 is 0 Å². The predicted molar refractivity (Wildman–Crippen MR) is 164 cm³/mol. The van der Waals surface area contributed by atoms with E-state index < -0.39 is 0 Å². The summed E-state index contributed by atoms with van der Waals surface area (Å²) in [4.78, 5) is 0. The summed E-state index contributed by atoms with van der Waals surface area (Å²) in [5.41, 5.74) is 5.72. The number of benzene rings is 2. The van der Waals surface area contributed by atoms with Crippen LogP contribution in [0, 0.1) is 25.7 Å². The van der Waals surface area contributed by atoms with Gasteiger partial charge in [0.2, 0.25) is 0 Å². The van der Waals surface area contributed by atoms with E-state index in [0.29, 0.717) is 0 Å². The average molecular weight is 483 g/mol. The molecular weight excluding hydrogens is 420 g/mol. The summed E-state index contributed by atoms with van der Waals surface area (Å²) in [6.45, 7) is 22.2. The first-order valence-corrected chi connectivity index (χ1v) is 14.9. The molecule has 1 aliphatic rings. The van der Waals surface area contributed by atoms with Crippen LogP contribution in [0.15, 0.2) is 48.5 Å². The molecule has 35 heavy (non-hydrogen) atoms. The summed E-state index contributed by atoms with van der Waals surface area (Å²) in [6, 6.07) is 17.0. The number of hydrogen-bond donors (Lipinski definition) is 0. The quantitative estimate of drug-likeness (QED) is 0.397. The van der Waals surface area contributed by atoms with Gasteiger partial charge in [-0.2, -0.15) is 0 Å². The van der Waals surface area contributed by atoms with Gasteiger partial charge in [-0.1, -0.05) is 162 Å². The highest BCUT2D eigenvalue weighted by Gasteiger charge is 2.15. The van der Waals surface area contributed by atoms with Gasteiger partial charge in [0.05, 0.1) is 0 Å². The number of unbranched alkanes of at least 4 members (excludes halogenated alkanes) is 3. The Labute approximate surface area is 222 Å². The molecule has 2 unspecified atom stereocenters. The second-order valence-electron chi connectivity index (χ2n) is 10.2. The van der Waals surface area contributed by atoms with Crippen molar-refractivity contribution in [1.29, 1.82) is 0 Å². The SMILES string of the molecule is CC1CCCCC1C.CCCC.CCCCC.CCc1ccccc1CC.Cc1ccccc1C. The lowest BCUT2D eigenvalue weighted by molar-refractivity contribution is 0.277. The van der Waals surface area contributed by atoms with Gasteiger partial charge in [0.15, 0.2) is 0 Å². The Bertz CT molecular complexity index is 626. The van der Waals surface area contributed by atoms with Crippen molar-refractivity contribution in [3.8, 4) is 0 Å². The van der Waals surface area contributed by atoms with Crippen molar-refractivity contribution in [1.82, 2.24) is 0 Å². The van der Waals surface area contributed by atoms with E-state index in [2.05, 4.69) is 118 Å². The van der Waals surface area contributed by atoms with E-state index in [9.17, 15) is 0 Å². The number of aryl methyl sites for hydroxylation is 4. The van der Waals surface area contributed by atoms with Crippen LogP contribution < -0.4 is 0 Å². The van der Waals surface area contributed by atoms with Gasteiger partial charge in [0.1, 0.15) is 0 Å². The zero-order chi connectivity index (χ0) is 26.9. The Morgan fingerprint density at radius 2 is 0.886 bits per heavy atom. The van der Waals surface area contributed by atoms with E-state index in [4.69, 9.17) is 0 Å². The molecule has 0 amide bonds. The fourth-order valence-electron chi connectivity index (χ4n) is 3.77. The molecule has 0 nitrogen and oxygen atoms in total. The summed E-state index contributed by atoms with van der Waals surface area (Å²) in [6.07, 6.45) is 14.9. The molecule has 1 saturated carbocycles. The van der Waals surface area contributed by atoms with Crippen LogP contribution in [0.3, 0.4) is 0 Å². The van der Waals surface area contributed by atoms with Crippen LogP contribution in [0.5, 0.6) is 0 Å². The molecule has 2 aromatic carbocycles. The lowest BCUT2D eigenvalue weighted by Gasteiger charge is -2.24. The van der Waals surface area contributed by atoms with Gasteiger partial charge in [-0.05, 0) is 60.8 Å². The van der Waals surface area contributed by atoms with E-state index in [1.165, 1.54) is 80.0 Å². The maximum Gasteiger partial charge on any atom is -0.0305 e. The molecule has 1 fully saturated rings. The van der Waals surface area contributed by atoms with Crippen molar-refractivity contribution in [3.05, 3.63) is 70.8 Å². The highest BCUT2D eigenvalue weighted by molar-refractivity contribution is 5.26. The maximum absolute atomic E-state index is 2.38. The highest BCUT2D eigenvalue weighted by atomic mass is 14.2. The maximum atomic E-state index is 2.38. The van der Waals surface area contributed by atoms with Gasteiger partial charge in [-0.3, -0.25) is 0 Å². The van der Waals surface area contributed by atoms with E-state index in [1.54, 1.807) is 0 Å². The summed E-state index contributed by atoms with van der Waals surface area (Å²) in [7, 11) is 0.